The van der Waals surface area contributed by atoms with Crippen molar-refractivity contribution >= 4 is 21.9 Å². The van der Waals surface area contributed by atoms with Crippen molar-refractivity contribution in [3.05, 3.63) is 34.1 Å². The highest BCUT2D eigenvalue weighted by molar-refractivity contribution is 9.10. The highest BCUT2D eigenvalue weighted by atomic mass is 79.9. The van der Waals surface area contributed by atoms with Crippen molar-refractivity contribution in [3.8, 4) is 5.75 Å². The number of ether oxygens (including phenoxy) is 1. The Hall–Kier alpha value is -1.56. The minimum atomic E-state index is 0.566. The Bertz CT molecular complexity index is 595. The van der Waals surface area contributed by atoms with Gasteiger partial charge in [-0.25, -0.2) is 0 Å². The van der Waals surface area contributed by atoms with Gasteiger partial charge in [0.2, 0.25) is 5.95 Å². The zero-order valence-corrected chi connectivity index (χ0v) is 12.9. The average molecular weight is 337 g/mol. The lowest BCUT2D eigenvalue weighted by molar-refractivity contribution is 0.402. The molecule has 1 saturated carbocycles. The Kier molecular flexibility index (Phi) is 3.91. The van der Waals surface area contributed by atoms with Crippen LogP contribution in [0.2, 0.25) is 0 Å². The van der Waals surface area contributed by atoms with Gasteiger partial charge in [0.05, 0.1) is 7.11 Å². The lowest BCUT2D eigenvalue weighted by Crippen LogP contribution is -2.10. The highest BCUT2D eigenvalue weighted by Crippen LogP contribution is 2.34. The number of nitrogens with zero attached hydrogens (tertiary/aromatic N) is 2. The third-order valence-corrected chi connectivity index (χ3v) is 4.46. The number of hydrogen-bond donors (Lipinski definition) is 2. The molecular weight excluding hydrogens is 320 g/mol. The van der Waals surface area contributed by atoms with Crippen molar-refractivity contribution in [2.75, 3.05) is 12.4 Å². The van der Waals surface area contributed by atoms with Crippen molar-refractivity contribution in [3.63, 3.8) is 0 Å². The molecule has 6 heteroatoms. The van der Waals surface area contributed by atoms with Crippen LogP contribution in [0.5, 0.6) is 5.75 Å². The molecule has 106 valence electrons. The van der Waals surface area contributed by atoms with Gasteiger partial charge >= 0.3 is 0 Å². The Balaban J connectivity index is 1.68. The van der Waals surface area contributed by atoms with Crippen molar-refractivity contribution in [1.82, 2.24) is 15.2 Å². The van der Waals surface area contributed by atoms with E-state index in [2.05, 4.69) is 36.4 Å². The van der Waals surface area contributed by atoms with E-state index >= 15 is 0 Å². The van der Waals surface area contributed by atoms with Crippen molar-refractivity contribution in [1.29, 1.82) is 0 Å². The number of anilines is 1. The quantitative estimate of drug-likeness (QED) is 0.877. The first kappa shape index (κ1) is 13.4. The third-order valence-electron chi connectivity index (χ3n) is 3.71. The minimum Gasteiger partial charge on any atom is -0.496 e. The summed E-state index contributed by atoms with van der Waals surface area (Å²) in [5, 5.41) is 10.5. The SMILES string of the molecule is COc1cccc(Br)c1CNc1n[nH]c(C2CCC2)n1. The molecule has 1 aromatic carbocycles. The predicted octanol–water partition coefficient (Wildman–Crippen LogP) is 3.46. The van der Waals surface area contributed by atoms with Gasteiger partial charge in [-0.1, -0.05) is 28.4 Å². The number of aromatic amines is 1. The fourth-order valence-corrected chi connectivity index (χ4v) is 2.77. The molecule has 1 aliphatic rings. The molecule has 0 spiro atoms. The van der Waals surface area contributed by atoms with Crippen molar-refractivity contribution < 1.29 is 4.74 Å². The topological polar surface area (TPSA) is 62.8 Å². The lowest BCUT2D eigenvalue weighted by Gasteiger charge is -2.22. The second kappa shape index (κ2) is 5.83. The van der Waals surface area contributed by atoms with E-state index in [-0.39, 0.29) is 0 Å². The molecule has 20 heavy (non-hydrogen) atoms. The van der Waals surface area contributed by atoms with Crippen molar-refractivity contribution in [2.24, 2.45) is 0 Å². The molecule has 1 fully saturated rings. The van der Waals surface area contributed by atoms with E-state index in [1.807, 2.05) is 18.2 Å². The number of nitrogens with one attached hydrogen (secondary N) is 2. The number of H-pyrrole nitrogens is 1. The van der Waals surface area contributed by atoms with E-state index in [9.17, 15) is 0 Å². The molecular formula is C14H17BrN4O. The second-order valence-electron chi connectivity index (χ2n) is 4.95. The normalized spacial score (nSPS) is 14.9. The van der Waals surface area contributed by atoms with Gasteiger partial charge in [-0.2, -0.15) is 4.98 Å². The van der Waals surface area contributed by atoms with E-state index in [0.717, 1.165) is 21.6 Å². The number of halogens is 1. The summed E-state index contributed by atoms with van der Waals surface area (Å²) < 4.78 is 6.38. The second-order valence-corrected chi connectivity index (χ2v) is 5.80. The summed E-state index contributed by atoms with van der Waals surface area (Å²) in [4.78, 5) is 4.50. The molecule has 0 atom stereocenters. The fraction of sp³-hybridized carbons (Fsp3) is 0.429. The summed E-state index contributed by atoms with van der Waals surface area (Å²) in [6, 6.07) is 5.89. The van der Waals surface area contributed by atoms with Gasteiger partial charge in [-0.15, -0.1) is 5.10 Å². The summed E-state index contributed by atoms with van der Waals surface area (Å²) in [5.41, 5.74) is 1.06. The first-order chi connectivity index (χ1) is 9.78. The number of aromatic nitrogens is 3. The van der Waals surface area contributed by atoms with E-state index in [1.165, 1.54) is 19.3 Å². The van der Waals surface area contributed by atoms with Gasteiger partial charge in [0.15, 0.2) is 0 Å². The van der Waals surface area contributed by atoms with Gasteiger partial charge in [-0.3, -0.25) is 5.10 Å². The summed E-state index contributed by atoms with van der Waals surface area (Å²) in [5.74, 6) is 3.06. The molecule has 1 heterocycles. The van der Waals surface area contributed by atoms with E-state index in [1.54, 1.807) is 7.11 Å². The summed E-state index contributed by atoms with van der Waals surface area (Å²) >= 11 is 3.54. The monoisotopic (exact) mass is 336 g/mol. The summed E-state index contributed by atoms with van der Waals surface area (Å²) in [7, 11) is 1.67. The van der Waals surface area contributed by atoms with Crippen LogP contribution in [0.25, 0.3) is 0 Å². The molecule has 0 radical (unpaired) electrons. The summed E-state index contributed by atoms with van der Waals surface area (Å²) in [6.07, 6.45) is 3.72. The van der Waals surface area contributed by atoms with Crippen LogP contribution in [-0.2, 0) is 6.54 Å². The first-order valence-electron chi connectivity index (χ1n) is 6.75. The van der Waals surface area contributed by atoms with Crippen molar-refractivity contribution in [2.45, 2.75) is 31.7 Å². The maximum atomic E-state index is 5.37. The Morgan fingerprint density at radius 3 is 3.00 bits per heavy atom. The third kappa shape index (κ3) is 2.65. The molecule has 1 aliphatic carbocycles. The Labute approximate surface area is 126 Å². The van der Waals surface area contributed by atoms with E-state index < -0.39 is 0 Å². The lowest BCUT2D eigenvalue weighted by atomic mass is 9.85. The standard InChI is InChI=1S/C14H17BrN4O/c1-20-12-7-3-6-11(15)10(12)8-16-14-17-13(18-19-14)9-4-2-5-9/h3,6-7,9H,2,4-5,8H2,1H3,(H2,16,17,18,19). The molecule has 0 bridgehead atoms. The number of methoxy groups -OCH3 is 1. The van der Waals surface area contributed by atoms with Gasteiger partial charge in [0.1, 0.15) is 11.6 Å². The van der Waals surface area contributed by atoms with E-state index in [0.29, 0.717) is 18.4 Å². The molecule has 5 nitrogen and oxygen atoms in total. The van der Waals surface area contributed by atoms with Gasteiger partial charge in [0, 0.05) is 22.5 Å². The molecule has 0 saturated heterocycles. The minimum absolute atomic E-state index is 0.566. The molecule has 0 unspecified atom stereocenters. The van der Waals surface area contributed by atoms with Crippen LogP contribution in [-0.4, -0.2) is 22.3 Å². The predicted molar refractivity (Wildman–Crippen MR) is 81.0 cm³/mol. The van der Waals surface area contributed by atoms with Gasteiger partial charge in [-0.05, 0) is 25.0 Å². The zero-order chi connectivity index (χ0) is 13.9. The largest absolute Gasteiger partial charge is 0.496 e. The maximum absolute atomic E-state index is 5.37. The smallest absolute Gasteiger partial charge is 0.242 e. The summed E-state index contributed by atoms with van der Waals surface area (Å²) in [6.45, 7) is 0.618. The van der Waals surface area contributed by atoms with Crippen LogP contribution < -0.4 is 10.1 Å². The number of benzene rings is 1. The Morgan fingerprint density at radius 1 is 1.45 bits per heavy atom. The Morgan fingerprint density at radius 2 is 2.30 bits per heavy atom. The van der Waals surface area contributed by atoms with Gasteiger partial charge < -0.3 is 10.1 Å². The average Bonchev–Trinajstić information content (AvgIpc) is 2.83. The van der Waals surface area contributed by atoms with Gasteiger partial charge in [0.25, 0.3) is 0 Å². The van der Waals surface area contributed by atoms with Crippen LogP contribution >= 0.6 is 15.9 Å². The fourth-order valence-electron chi connectivity index (χ4n) is 2.29. The van der Waals surface area contributed by atoms with Crippen LogP contribution in [0.3, 0.4) is 0 Å². The van der Waals surface area contributed by atoms with Crippen LogP contribution in [0.15, 0.2) is 22.7 Å². The molecule has 1 aromatic heterocycles. The molecule has 3 rings (SSSR count). The number of rotatable bonds is 5. The van der Waals surface area contributed by atoms with Crippen LogP contribution in [0.4, 0.5) is 5.95 Å². The maximum Gasteiger partial charge on any atom is 0.242 e. The zero-order valence-electron chi connectivity index (χ0n) is 11.3. The highest BCUT2D eigenvalue weighted by Gasteiger charge is 2.23. The molecule has 2 N–H and O–H groups in total. The first-order valence-corrected chi connectivity index (χ1v) is 7.55. The molecule has 2 aromatic rings. The van der Waals surface area contributed by atoms with Crippen LogP contribution in [0, 0.1) is 0 Å². The molecule has 0 aliphatic heterocycles. The molecule has 0 amide bonds. The number of hydrogen-bond acceptors (Lipinski definition) is 4. The van der Waals surface area contributed by atoms with Crippen LogP contribution in [0.1, 0.15) is 36.6 Å². The van der Waals surface area contributed by atoms with E-state index in [4.69, 9.17) is 4.74 Å².